The van der Waals surface area contributed by atoms with Crippen molar-refractivity contribution in [1.29, 1.82) is 0 Å². The van der Waals surface area contributed by atoms with Crippen LogP contribution in [0.1, 0.15) is 44.9 Å². The van der Waals surface area contributed by atoms with Crippen molar-refractivity contribution >= 4 is 29.5 Å². The van der Waals surface area contributed by atoms with Gasteiger partial charge in [0.2, 0.25) is 11.8 Å². The number of hydrogen-bond acceptors (Lipinski definition) is 7. The second kappa shape index (κ2) is 10.6. The van der Waals surface area contributed by atoms with Crippen molar-refractivity contribution < 1.29 is 24.2 Å². The van der Waals surface area contributed by atoms with Gasteiger partial charge in [-0.15, -0.1) is 11.8 Å². The number of rotatable bonds is 7. The third kappa shape index (κ3) is 5.84. The first kappa shape index (κ1) is 22.3. The van der Waals surface area contributed by atoms with Crippen molar-refractivity contribution in [3.63, 3.8) is 0 Å². The Balaban J connectivity index is 1.59. The number of carbonyl (C=O) groups excluding carboxylic acids is 3. The highest BCUT2D eigenvalue weighted by atomic mass is 32.2. The fourth-order valence-corrected chi connectivity index (χ4v) is 5.17. The van der Waals surface area contributed by atoms with Gasteiger partial charge in [0.05, 0.1) is 11.8 Å². The Morgan fingerprint density at radius 1 is 1.17 bits per heavy atom. The first-order chi connectivity index (χ1) is 14.0. The number of ether oxygens (including phenoxy) is 1. The summed E-state index contributed by atoms with van der Waals surface area (Å²) in [5.41, 5.74) is 4.92. The average molecular weight is 429 g/mol. The van der Waals surface area contributed by atoms with E-state index in [1.165, 1.54) is 16.7 Å². The van der Waals surface area contributed by atoms with Crippen LogP contribution in [-0.2, 0) is 19.1 Å². The molecule has 29 heavy (non-hydrogen) atoms. The summed E-state index contributed by atoms with van der Waals surface area (Å²) in [6.45, 7) is 1.11. The summed E-state index contributed by atoms with van der Waals surface area (Å²) in [7, 11) is 1.65. The lowest BCUT2D eigenvalue weighted by Gasteiger charge is -2.35. The van der Waals surface area contributed by atoms with E-state index in [0.29, 0.717) is 31.8 Å². The molecule has 0 aromatic rings. The van der Waals surface area contributed by atoms with Crippen molar-refractivity contribution in [2.45, 2.75) is 62.6 Å². The molecule has 2 aliphatic heterocycles. The summed E-state index contributed by atoms with van der Waals surface area (Å²) in [4.78, 5) is 38.5. The Labute approximate surface area is 175 Å². The largest absolute Gasteiger partial charge is 0.381 e. The van der Waals surface area contributed by atoms with Crippen LogP contribution in [0.3, 0.4) is 0 Å². The molecule has 3 atom stereocenters. The number of carbonyl (C=O) groups is 3. The first-order valence-electron chi connectivity index (χ1n) is 10.5. The number of hydrazine groups is 1. The van der Waals surface area contributed by atoms with Crippen molar-refractivity contribution in [2.75, 3.05) is 26.0 Å². The molecule has 2 heterocycles. The number of hydrogen-bond donors (Lipinski definition) is 4. The van der Waals surface area contributed by atoms with E-state index in [1.807, 2.05) is 0 Å². The molecule has 0 radical (unpaired) electrons. The van der Waals surface area contributed by atoms with Gasteiger partial charge in [0.25, 0.3) is 5.91 Å². The number of aliphatic hydroxyl groups is 1. The highest BCUT2D eigenvalue weighted by Crippen LogP contribution is 2.26. The molecule has 3 unspecified atom stereocenters. The maximum Gasteiger partial charge on any atom is 0.265 e. The molecule has 4 N–H and O–H groups in total. The lowest BCUT2D eigenvalue weighted by molar-refractivity contribution is -0.137. The van der Waals surface area contributed by atoms with Crippen LogP contribution in [0.4, 0.5) is 0 Å². The summed E-state index contributed by atoms with van der Waals surface area (Å²) in [6, 6.07) is -0.661. The van der Waals surface area contributed by atoms with Crippen LogP contribution >= 0.6 is 11.8 Å². The first-order valence-corrected chi connectivity index (χ1v) is 11.5. The number of nitrogens with one attached hydrogen (secondary N) is 3. The van der Waals surface area contributed by atoms with E-state index in [1.54, 1.807) is 7.05 Å². The number of amides is 3. The van der Waals surface area contributed by atoms with E-state index >= 15 is 0 Å². The highest BCUT2D eigenvalue weighted by Gasteiger charge is 2.37. The summed E-state index contributed by atoms with van der Waals surface area (Å²) in [6.07, 6.45) is 4.93. The van der Waals surface area contributed by atoms with Crippen LogP contribution in [0.5, 0.6) is 0 Å². The molecule has 3 rings (SSSR count). The molecular weight excluding hydrogens is 396 g/mol. The fourth-order valence-electron chi connectivity index (χ4n) is 4.18. The van der Waals surface area contributed by atoms with Gasteiger partial charge >= 0.3 is 0 Å². The lowest BCUT2D eigenvalue weighted by Crippen LogP contribution is -2.59. The Morgan fingerprint density at radius 2 is 1.86 bits per heavy atom. The normalized spacial score (nSPS) is 26.2. The molecule has 0 aromatic carbocycles. The van der Waals surface area contributed by atoms with Crippen molar-refractivity contribution in [1.82, 2.24) is 21.1 Å². The Kier molecular flexibility index (Phi) is 8.16. The van der Waals surface area contributed by atoms with Crippen LogP contribution in [0.25, 0.3) is 0 Å². The maximum atomic E-state index is 12.8. The topological polar surface area (TPSA) is 120 Å². The summed E-state index contributed by atoms with van der Waals surface area (Å²) in [5, 5.41) is 13.8. The Bertz CT molecular complexity index is 595. The molecule has 0 bridgehead atoms. The van der Waals surface area contributed by atoms with Crippen LogP contribution in [-0.4, -0.2) is 71.4 Å². The monoisotopic (exact) mass is 428 g/mol. The number of nitrogens with zero attached hydrogens (tertiary/aromatic N) is 1. The lowest BCUT2D eigenvalue weighted by atomic mass is 9.85. The van der Waals surface area contributed by atoms with Gasteiger partial charge in [-0.25, -0.2) is 5.43 Å². The van der Waals surface area contributed by atoms with E-state index < -0.39 is 18.1 Å². The van der Waals surface area contributed by atoms with Gasteiger partial charge in [-0.3, -0.25) is 19.8 Å². The fraction of sp³-hybridized carbons (Fsp3) is 0.842. The minimum Gasteiger partial charge on any atom is -0.381 e. The number of aliphatic hydroxyl groups excluding tert-OH is 1. The predicted octanol–water partition coefficient (Wildman–Crippen LogP) is -0.0514. The zero-order valence-electron chi connectivity index (χ0n) is 16.9. The summed E-state index contributed by atoms with van der Waals surface area (Å²) >= 11 is 1.36. The minimum absolute atomic E-state index is 0.0258. The second-order valence-electron chi connectivity index (χ2n) is 8.07. The molecule has 0 spiro atoms. The third-order valence-corrected chi connectivity index (χ3v) is 7.26. The smallest absolute Gasteiger partial charge is 0.265 e. The zero-order chi connectivity index (χ0) is 20.8. The molecule has 9 nitrogen and oxygen atoms in total. The van der Waals surface area contributed by atoms with Crippen LogP contribution in [0, 0.1) is 11.8 Å². The average Bonchev–Trinajstić information content (AvgIpc) is 3.08. The molecule has 1 saturated carbocycles. The van der Waals surface area contributed by atoms with E-state index in [4.69, 9.17) is 4.74 Å². The molecule has 10 heteroatoms. The Morgan fingerprint density at radius 3 is 2.48 bits per heavy atom. The number of thioether (sulfide) groups is 1. The maximum absolute atomic E-state index is 12.8. The predicted molar refractivity (Wildman–Crippen MR) is 108 cm³/mol. The van der Waals surface area contributed by atoms with Crippen LogP contribution in [0.2, 0.25) is 0 Å². The van der Waals surface area contributed by atoms with E-state index in [-0.39, 0.29) is 29.1 Å². The van der Waals surface area contributed by atoms with E-state index in [2.05, 4.69) is 16.2 Å². The van der Waals surface area contributed by atoms with Crippen molar-refractivity contribution in [2.24, 2.45) is 11.8 Å². The quantitative estimate of drug-likeness (QED) is 0.420. The molecule has 1 aliphatic carbocycles. The van der Waals surface area contributed by atoms with Gasteiger partial charge in [0, 0.05) is 26.2 Å². The third-order valence-electron chi connectivity index (χ3n) is 6.10. The highest BCUT2D eigenvalue weighted by molar-refractivity contribution is 8.00. The SMILES string of the molecule is CN1C(=O)CSC1NNC(=O)C(O)C(NC(=O)C1CCCCC1)C1CCOCC1. The van der Waals surface area contributed by atoms with Gasteiger partial charge in [-0.05, 0) is 31.6 Å². The van der Waals surface area contributed by atoms with Crippen molar-refractivity contribution in [3.8, 4) is 0 Å². The standard InChI is InChI=1S/C19H32N4O5S/c1-23-14(24)11-29-19(23)22-21-18(27)16(25)15(12-7-9-28-10-8-12)20-17(26)13-5-3-2-4-6-13/h12-13,15-16,19,22,25H,2-11H2,1H3,(H,20,26)(H,21,27). The second-order valence-corrected chi connectivity index (χ2v) is 9.13. The van der Waals surface area contributed by atoms with Crippen molar-refractivity contribution in [3.05, 3.63) is 0 Å². The Hall–Kier alpha value is -1.36. The van der Waals surface area contributed by atoms with E-state index in [0.717, 1.165) is 32.1 Å². The van der Waals surface area contributed by atoms with Gasteiger partial charge in [-0.2, -0.15) is 0 Å². The minimum atomic E-state index is -1.38. The van der Waals surface area contributed by atoms with E-state index in [9.17, 15) is 19.5 Å². The molecule has 2 saturated heterocycles. The van der Waals surface area contributed by atoms with Gasteiger partial charge in [-0.1, -0.05) is 19.3 Å². The molecule has 3 amide bonds. The summed E-state index contributed by atoms with van der Waals surface area (Å²) in [5.74, 6) is -0.441. The molecule has 164 valence electrons. The summed E-state index contributed by atoms with van der Waals surface area (Å²) < 4.78 is 5.40. The molecule has 0 aromatic heterocycles. The van der Waals surface area contributed by atoms with Crippen LogP contribution in [0.15, 0.2) is 0 Å². The molecular formula is C19H32N4O5S. The molecule has 3 fully saturated rings. The molecule has 3 aliphatic rings. The zero-order valence-corrected chi connectivity index (χ0v) is 17.7. The van der Waals surface area contributed by atoms with Gasteiger partial charge < -0.3 is 20.1 Å². The van der Waals surface area contributed by atoms with Gasteiger partial charge in [0.15, 0.2) is 6.10 Å². The van der Waals surface area contributed by atoms with Crippen LogP contribution < -0.4 is 16.2 Å². The van der Waals surface area contributed by atoms with Gasteiger partial charge in [0.1, 0.15) is 5.50 Å².